The van der Waals surface area contributed by atoms with E-state index >= 15 is 0 Å². The summed E-state index contributed by atoms with van der Waals surface area (Å²) in [4.78, 5) is 0. The fourth-order valence-electron chi connectivity index (χ4n) is 2.19. The van der Waals surface area contributed by atoms with Crippen molar-refractivity contribution in [2.45, 2.75) is 19.3 Å². The summed E-state index contributed by atoms with van der Waals surface area (Å²) < 4.78 is 25.6. The van der Waals surface area contributed by atoms with Crippen molar-refractivity contribution in [1.82, 2.24) is 9.62 Å². The van der Waals surface area contributed by atoms with E-state index in [-0.39, 0.29) is 12.4 Å². The van der Waals surface area contributed by atoms with Gasteiger partial charge in [0.1, 0.15) is 0 Å². The number of hydrogen-bond donors (Lipinski definition) is 1. The highest BCUT2D eigenvalue weighted by Crippen LogP contribution is 2.32. The van der Waals surface area contributed by atoms with Gasteiger partial charge in [0.25, 0.3) is 0 Å². The van der Waals surface area contributed by atoms with E-state index in [0.29, 0.717) is 17.6 Å². The van der Waals surface area contributed by atoms with Crippen LogP contribution in [0.3, 0.4) is 0 Å². The Balaban J connectivity index is 0.00000128. The van der Waals surface area contributed by atoms with Crippen LogP contribution in [0.2, 0.25) is 0 Å². The summed E-state index contributed by atoms with van der Waals surface area (Å²) in [6.45, 7) is 2.37. The first kappa shape index (κ1) is 14.2. The minimum absolute atomic E-state index is 0. The van der Waals surface area contributed by atoms with Crippen LogP contribution in [0, 0.1) is 11.8 Å². The molecule has 0 spiro atoms. The van der Waals surface area contributed by atoms with E-state index in [2.05, 4.69) is 5.32 Å². The van der Waals surface area contributed by atoms with E-state index in [1.54, 1.807) is 4.31 Å². The third-order valence-corrected chi connectivity index (χ3v) is 5.29. The van der Waals surface area contributed by atoms with Gasteiger partial charge in [0.15, 0.2) is 0 Å². The first-order valence-electron chi connectivity index (χ1n) is 5.74. The lowest BCUT2D eigenvalue weighted by molar-refractivity contribution is 0.449. The Bertz CT molecular complexity index is 317. The van der Waals surface area contributed by atoms with Crippen molar-refractivity contribution in [1.29, 1.82) is 0 Å². The van der Waals surface area contributed by atoms with Gasteiger partial charge in [-0.05, 0) is 44.7 Å². The molecule has 0 aromatic rings. The van der Waals surface area contributed by atoms with Gasteiger partial charge in [0.2, 0.25) is 10.0 Å². The number of rotatable bonds is 5. The van der Waals surface area contributed by atoms with Gasteiger partial charge >= 0.3 is 0 Å². The Morgan fingerprint density at radius 3 is 2.50 bits per heavy atom. The predicted octanol–water partition coefficient (Wildman–Crippen LogP) is 0.689. The van der Waals surface area contributed by atoms with Crippen molar-refractivity contribution in [3.8, 4) is 0 Å². The Morgan fingerprint density at radius 2 is 1.94 bits per heavy atom. The molecule has 2 rings (SSSR count). The molecule has 2 aliphatic rings. The van der Waals surface area contributed by atoms with E-state index in [0.717, 1.165) is 38.9 Å². The van der Waals surface area contributed by atoms with Gasteiger partial charge in [0.05, 0.1) is 5.75 Å². The van der Waals surface area contributed by atoms with E-state index in [4.69, 9.17) is 0 Å². The standard InChI is InChI=1S/C10H20N2O2S.ClH/c1-11-6-10-4-5-12(7-10)15(13,14)8-9-2-3-9;/h9-11H,2-8H2,1H3;1H. The number of nitrogens with one attached hydrogen (secondary N) is 1. The highest BCUT2D eigenvalue weighted by molar-refractivity contribution is 7.89. The molecule has 1 saturated carbocycles. The highest BCUT2D eigenvalue weighted by atomic mass is 35.5. The Hall–Kier alpha value is 0.160. The monoisotopic (exact) mass is 268 g/mol. The molecule has 1 saturated heterocycles. The molecule has 2 fully saturated rings. The molecule has 1 N–H and O–H groups in total. The molecule has 1 atom stereocenters. The van der Waals surface area contributed by atoms with Crippen LogP contribution in [-0.2, 0) is 10.0 Å². The fourth-order valence-corrected chi connectivity index (χ4v) is 4.15. The zero-order valence-electron chi connectivity index (χ0n) is 9.68. The highest BCUT2D eigenvalue weighted by Gasteiger charge is 2.35. The molecule has 4 nitrogen and oxygen atoms in total. The van der Waals surface area contributed by atoms with Crippen LogP contribution in [-0.4, -0.2) is 45.2 Å². The van der Waals surface area contributed by atoms with E-state index in [1.165, 1.54) is 0 Å². The zero-order chi connectivity index (χ0) is 10.9. The van der Waals surface area contributed by atoms with Gasteiger partial charge in [-0.3, -0.25) is 0 Å². The van der Waals surface area contributed by atoms with Gasteiger partial charge in [-0.1, -0.05) is 0 Å². The van der Waals surface area contributed by atoms with Crippen LogP contribution in [0.25, 0.3) is 0 Å². The third kappa shape index (κ3) is 3.58. The van der Waals surface area contributed by atoms with Gasteiger partial charge in [-0.15, -0.1) is 12.4 Å². The van der Waals surface area contributed by atoms with Gasteiger partial charge in [-0.25, -0.2) is 12.7 Å². The van der Waals surface area contributed by atoms with Crippen molar-refractivity contribution < 1.29 is 8.42 Å². The summed E-state index contributed by atoms with van der Waals surface area (Å²) in [7, 11) is -1.02. The Kier molecular flexibility index (Phi) is 5.04. The summed E-state index contributed by atoms with van der Waals surface area (Å²) in [5.41, 5.74) is 0. The van der Waals surface area contributed by atoms with Crippen LogP contribution >= 0.6 is 12.4 Å². The lowest BCUT2D eigenvalue weighted by Crippen LogP contribution is -2.32. The first-order valence-corrected chi connectivity index (χ1v) is 7.35. The molecule has 1 aliphatic heterocycles. The van der Waals surface area contributed by atoms with Crippen LogP contribution in [0.1, 0.15) is 19.3 Å². The minimum Gasteiger partial charge on any atom is -0.319 e. The first-order chi connectivity index (χ1) is 7.12. The lowest BCUT2D eigenvalue weighted by Gasteiger charge is -2.16. The summed E-state index contributed by atoms with van der Waals surface area (Å²) in [5.74, 6) is 1.35. The van der Waals surface area contributed by atoms with Crippen LogP contribution < -0.4 is 5.32 Å². The van der Waals surface area contributed by atoms with Crippen molar-refractivity contribution in [2.24, 2.45) is 11.8 Å². The number of hydrogen-bond acceptors (Lipinski definition) is 3. The number of nitrogens with zero attached hydrogens (tertiary/aromatic N) is 1. The molecule has 16 heavy (non-hydrogen) atoms. The minimum atomic E-state index is -2.94. The molecule has 1 aliphatic carbocycles. The number of halogens is 1. The van der Waals surface area contributed by atoms with Gasteiger partial charge in [0, 0.05) is 13.1 Å². The van der Waals surface area contributed by atoms with E-state index in [9.17, 15) is 8.42 Å². The molecule has 0 aromatic carbocycles. The maximum atomic E-state index is 11.9. The SMILES string of the molecule is CNCC1CCN(S(=O)(=O)CC2CC2)C1.Cl. The Morgan fingerprint density at radius 1 is 1.25 bits per heavy atom. The second-order valence-electron chi connectivity index (χ2n) is 4.79. The molecule has 1 heterocycles. The molecule has 0 amide bonds. The quantitative estimate of drug-likeness (QED) is 0.798. The second-order valence-corrected chi connectivity index (χ2v) is 6.81. The fraction of sp³-hybridized carbons (Fsp3) is 1.00. The van der Waals surface area contributed by atoms with Crippen molar-refractivity contribution in [3.05, 3.63) is 0 Å². The molecule has 0 bridgehead atoms. The molecule has 1 unspecified atom stereocenters. The molecule has 96 valence electrons. The maximum Gasteiger partial charge on any atom is 0.214 e. The summed E-state index contributed by atoms with van der Waals surface area (Å²) in [6, 6.07) is 0. The Labute approximate surface area is 104 Å². The van der Waals surface area contributed by atoms with Crippen molar-refractivity contribution in [3.63, 3.8) is 0 Å². The van der Waals surface area contributed by atoms with Crippen LogP contribution in [0.5, 0.6) is 0 Å². The van der Waals surface area contributed by atoms with Crippen molar-refractivity contribution in [2.75, 3.05) is 32.4 Å². The van der Waals surface area contributed by atoms with Crippen LogP contribution in [0.4, 0.5) is 0 Å². The molecule has 0 radical (unpaired) electrons. The van der Waals surface area contributed by atoms with Gasteiger partial charge < -0.3 is 5.32 Å². The normalized spacial score (nSPS) is 26.7. The smallest absolute Gasteiger partial charge is 0.214 e. The van der Waals surface area contributed by atoms with Crippen LogP contribution in [0.15, 0.2) is 0 Å². The average molecular weight is 269 g/mol. The summed E-state index contributed by atoms with van der Waals surface area (Å²) >= 11 is 0. The zero-order valence-corrected chi connectivity index (χ0v) is 11.3. The topological polar surface area (TPSA) is 49.4 Å². The molecule has 6 heteroatoms. The van der Waals surface area contributed by atoms with E-state index < -0.39 is 10.0 Å². The molecule has 0 aromatic heterocycles. The second kappa shape index (κ2) is 5.67. The molecular formula is C10H21ClN2O2S. The number of sulfonamides is 1. The lowest BCUT2D eigenvalue weighted by atomic mass is 10.1. The maximum absolute atomic E-state index is 11.9. The van der Waals surface area contributed by atoms with Crippen molar-refractivity contribution >= 4 is 22.4 Å². The third-order valence-electron chi connectivity index (χ3n) is 3.28. The summed E-state index contributed by atoms with van der Waals surface area (Å²) in [5, 5.41) is 3.11. The van der Waals surface area contributed by atoms with Gasteiger partial charge in [-0.2, -0.15) is 0 Å². The average Bonchev–Trinajstić information content (AvgIpc) is 2.82. The predicted molar refractivity (Wildman–Crippen MR) is 67.4 cm³/mol. The van der Waals surface area contributed by atoms with E-state index in [1.807, 2.05) is 7.05 Å². The molecular weight excluding hydrogens is 248 g/mol. The largest absolute Gasteiger partial charge is 0.319 e. The summed E-state index contributed by atoms with van der Waals surface area (Å²) in [6.07, 6.45) is 3.21.